The van der Waals surface area contributed by atoms with E-state index in [-0.39, 0.29) is 17.8 Å². The number of piperidine rings is 1. The van der Waals surface area contributed by atoms with Gasteiger partial charge in [-0.2, -0.15) is 0 Å². The molecule has 1 N–H and O–H groups in total. The van der Waals surface area contributed by atoms with Crippen LogP contribution < -0.4 is 14.8 Å². The van der Waals surface area contributed by atoms with Crippen molar-refractivity contribution in [3.05, 3.63) is 58.9 Å². The molecule has 5 heteroatoms. The Kier molecular flexibility index (Phi) is 6.83. The lowest BCUT2D eigenvalue weighted by atomic mass is 9.84. The third-order valence-electron chi connectivity index (χ3n) is 6.79. The predicted octanol–water partition coefficient (Wildman–Crippen LogP) is 4.81. The van der Waals surface area contributed by atoms with E-state index in [1.165, 1.54) is 17.2 Å². The van der Waals surface area contributed by atoms with E-state index in [9.17, 15) is 4.39 Å². The molecule has 0 radical (unpaired) electrons. The molecular formula is C26H35FN2O2. The minimum atomic E-state index is -0.211. The number of benzene rings is 2. The van der Waals surface area contributed by atoms with Crippen molar-refractivity contribution in [2.45, 2.75) is 45.3 Å². The number of nitrogens with one attached hydrogen (secondary N) is 1. The summed E-state index contributed by atoms with van der Waals surface area (Å²) < 4.78 is 26.6. The maximum absolute atomic E-state index is 14.9. The summed E-state index contributed by atoms with van der Waals surface area (Å²) in [6.45, 7) is 8.28. The molecule has 0 spiro atoms. The van der Waals surface area contributed by atoms with E-state index in [1.807, 2.05) is 12.1 Å². The number of nitrogens with zero attached hydrogens (tertiary/aromatic N) is 1. The first-order valence-electron chi connectivity index (χ1n) is 11.5. The molecule has 2 aromatic carbocycles. The van der Waals surface area contributed by atoms with Gasteiger partial charge in [-0.3, -0.25) is 0 Å². The van der Waals surface area contributed by atoms with Crippen LogP contribution in [0.25, 0.3) is 0 Å². The van der Waals surface area contributed by atoms with E-state index in [0.29, 0.717) is 17.6 Å². The zero-order valence-corrected chi connectivity index (χ0v) is 19.2. The van der Waals surface area contributed by atoms with Gasteiger partial charge in [0.25, 0.3) is 0 Å². The second kappa shape index (κ2) is 9.58. The first kappa shape index (κ1) is 22.1. The van der Waals surface area contributed by atoms with Crippen LogP contribution in [0.4, 0.5) is 4.39 Å². The smallest absolute Gasteiger partial charge is 0.130 e. The van der Waals surface area contributed by atoms with Gasteiger partial charge < -0.3 is 19.7 Å². The second-order valence-corrected chi connectivity index (χ2v) is 9.41. The molecule has 0 amide bonds. The highest BCUT2D eigenvalue weighted by atomic mass is 19.1. The zero-order valence-electron chi connectivity index (χ0n) is 19.2. The van der Waals surface area contributed by atoms with Gasteiger partial charge in [0.2, 0.25) is 0 Å². The van der Waals surface area contributed by atoms with E-state index >= 15 is 0 Å². The summed E-state index contributed by atoms with van der Waals surface area (Å²) in [6, 6.07) is 11.6. The molecule has 0 aliphatic carbocycles. The Morgan fingerprint density at radius 1 is 1.03 bits per heavy atom. The Bertz CT molecular complexity index is 895. The molecule has 168 valence electrons. The fraction of sp³-hybridized carbons (Fsp3) is 0.538. The highest BCUT2D eigenvalue weighted by Crippen LogP contribution is 2.37. The SMILES string of the molecule is COc1ccc(C2CN(C)Cc3cc(OC(C(C)C)C4CCNCC4)ccc32)c(F)c1. The van der Waals surface area contributed by atoms with Gasteiger partial charge in [-0.05, 0) is 79.7 Å². The number of methoxy groups -OCH3 is 1. The van der Waals surface area contributed by atoms with E-state index in [1.54, 1.807) is 7.11 Å². The molecule has 2 heterocycles. The first-order chi connectivity index (χ1) is 15.0. The molecule has 0 saturated carbocycles. The van der Waals surface area contributed by atoms with Gasteiger partial charge in [-0.1, -0.05) is 26.0 Å². The lowest BCUT2D eigenvalue weighted by Gasteiger charge is -2.35. The molecular weight excluding hydrogens is 391 g/mol. The minimum Gasteiger partial charge on any atom is -0.497 e. The van der Waals surface area contributed by atoms with E-state index < -0.39 is 0 Å². The monoisotopic (exact) mass is 426 g/mol. The molecule has 2 aliphatic heterocycles. The molecule has 2 unspecified atom stereocenters. The Hall–Kier alpha value is -2.11. The quantitative estimate of drug-likeness (QED) is 0.718. The molecule has 1 fully saturated rings. The number of fused-ring (bicyclic) bond motifs is 1. The van der Waals surface area contributed by atoms with Crippen molar-refractivity contribution in [2.75, 3.05) is 33.8 Å². The van der Waals surface area contributed by atoms with Gasteiger partial charge in [0.15, 0.2) is 0 Å². The minimum absolute atomic E-state index is 0.000907. The van der Waals surface area contributed by atoms with Gasteiger partial charge in [0.1, 0.15) is 23.4 Å². The van der Waals surface area contributed by atoms with Crippen LogP contribution in [0.1, 0.15) is 49.3 Å². The third kappa shape index (κ3) is 4.88. The van der Waals surface area contributed by atoms with Crippen LogP contribution in [-0.2, 0) is 6.54 Å². The molecule has 31 heavy (non-hydrogen) atoms. The zero-order chi connectivity index (χ0) is 22.0. The summed E-state index contributed by atoms with van der Waals surface area (Å²) in [4.78, 5) is 2.26. The van der Waals surface area contributed by atoms with Gasteiger partial charge in [0.05, 0.1) is 7.11 Å². The first-order valence-corrected chi connectivity index (χ1v) is 11.5. The third-order valence-corrected chi connectivity index (χ3v) is 6.79. The van der Waals surface area contributed by atoms with Crippen LogP contribution in [0.2, 0.25) is 0 Å². The fourth-order valence-electron chi connectivity index (χ4n) is 5.19. The summed E-state index contributed by atoms with van der Waals surface area (Å²) in [7, 11) is 3.66. The summed E-state index contributed by atoms with van der Waals surface area (Å²) in [5.74, 6) is 2.31. The van der Waals surface area contributed by atoms with Crippen LogP contribution in [0.3, 0.4) is 0 Å². The van der Waals surface area contributed by atoms with Crippen LogP contribution in [0, 0.1) is 17.7 Å². The van der Waals surface area contributed by atoms with Gasteiger partial charge in [-0.15, -0.1) is 0 Å². The Balaban J connectivity index is 1.60. The second-order valence-electron chi connectivity index (χ2n) is 9.41. The highest BCUT2D eigenvalue weighted by Gasteiger charge is 2.30. The largest absolute Gasteiger partial charge is 0.497 e. The molecule has 1 saturated heterocycles. The maximum Gasteiger partial charge on any atom is 0.130 e. The average molecular weight is 427 g/mol. The normalized spacial score (nSPS) is 21.0. The average Bonchev–Trinajstić information content (AvgIpc) is 2.77. The fourth-order valence-corrected chi connectivity index (χ4v) is 5.19. The van der Waals surface area contributed by atoms with E-state index in [4.69, 9.17) is 9.47 Å². The Labute approximate surface area is 185 Å². The van der Waals surface area contributed by atoms with Crippen LogP contribution in [-0.4, -0.2) is 44.8 Å². The standard InChI is InChI=1S/C26H35FN2O2/c1-17(2)26(18-9-11-28-12-10-18)31-21-6-7-22-19(13-21)15-29(3)16-24(22)23-8-5-20(30-4)14-25(23)27/h5-8,13-14,17-18,24,26,28H,9-12,15-16H2,1-4H3. The van der Waals surface area contributed by atoms with Crippen molar-refractivity contribution in [1.82, 2.24) is 10.2 Å². The highest BCUT2D eigenvalue weighted by molar-refractivity contribution is 5.45. The topological polar surface area (TPSA) is 33.7 Å². The molecule has 0 bridgehead atoms. The number of hydrogen-bond donors (Lipinski definition) is 1. The van der Waals surface area contributed by atoms with Crippen molar-refractivity contribution in [3.8, 4) is 11.5 Å². The van der Waals surface area contributed by atoms with E-state index in [2.05, 4.69) is 49.3 Å². The molecule has 4 nitrogen and oxygen atoms in total. The Morgan fingerprint density at radius 3 is 2.42 bits per heavy atom. The molecule has 4 rings (SSSR count). The van der Waals surface area contributed by atoms with Gasteiger partial charge in [-0.25, -0.2) is 4.39 Å². The lowest BCUT2D eigenvalue weighted by molar-refractivity contribution is 0.0718. The Morgan fingerprint density at radius 2 is 1.74 bits per heavy atom. The van der Waals surface area contributed by atoms with Crippen molar-refractivity contribution in [3.63, 3.8) is 0 Å². The lowest BCUT2D eigenvalue weighted by Crippen LogP contribution is -2.39. The molecule has 2 aromatic rings. The summed E-state index contributed by atoms with van der Waals surface area (Å²) in [5.41, 5.74) is 3.13. The van der Waals surface area contributed by atoms with Crippen LogP contribution in [0.5, 0.6) is 11.5 Å². The molecule has 2 atom stereocenters. The number of hydrogen-bond acceptors (Lipinski definition) is 4. The van der Waals surface area contributed by atoms with Crippen LogP contribution in [0.15, 0.2) is 36.4 Å². The summed E-state index contributed by atoms with van der Waals surface area (Å²) in [6.07, 6.45) is 2.54. The van der Waals surface area contributed by atoms with Crippen LogP contribution >= 0.6 is 0 Å². The predicted molar refractivity (Wildman–Crippen MR) is 122 cm³/mol. The molecule has 2 aliphatic rings. The number of ether oxygens (including phenoxy) is 2. The van der Waals surface area contributed by atoms with Gasteiger partial charge >= 0.3 is 0 Å². The number of rotatable bonds is 6. The summed E-state index contributed by atoms with van der Waals surface area (Å²) in [5, 5.41) is 3.45. The number of likely N-dealkylation sites (N-methyl/N-ethyl adjacent to an activating group) is 1. The van der Waals surface area contributed by atoms with Gasteiger partial charge in [0, 0.05) is 25.1 Å². The summed E-state index contributed by atoms with van der Waals surface area (Å²) >= 11 is 0. The number of halogens is 1. The van der Waals surface area contributed by atoms with Crippen molar-refractivity contribution >= 4 is 0 Å². The van der Waals surface area contributed by atoms with Crippen molar-refractivity contribution < 1.29 is 13.9 Å². The van der Waals surface area contributed by atoms with Crippen molar-refractivity contribution in [1.29, 1.82) is 0 Å². The van der Waals surface area contributed by atoms with Crippen molar-refractivity contribution in [2.24, 2.45) is 11.8 Å². The molecule has 0 aromatic heterocycles. The van der Waals surface area contributed by atoms with E-state index in [0.717, 1.165) is 50.3 Å². The maximum atomic E-state index is 14.9.